The minimum atomic E-state index is -3.78. The van der Waals surface area contributed by atoms with Gasteiger partial charge in [-0.15, -0.1) is 0 Å². The van der Waals surface area contributed by atoms with Crippen LogP contribution in [0.5, 0.6) is 0 Å². The van der Waals surface area contributed by atoms with Crippen LogP contribution in [0.3, 0.4) is 0 Å². The van der Waals surface area contributed by atoms with E-state index in [1.54, 1.807) is 12.1 Å². The van der Waals surface area contributed by atoms with Gasteiger partial charge in [0.15, 0.2) is 8.32 Å². The smallest absolute Gasteiger partial charge is 0.405 e. The van der Waals surface area contributed by atoms with E-state index >= 15 is 0 Å². The summed E-state index contributed by atoms with van der Waals surface area (Å²) in [6, 6.07) is 5.38. The summed E-state index contributed by atoms with van der Waals surface area (Å²) in [4.78, 5) is 11.1. The number of primary sulfonamides is 1. The maximum Gasteiger partial charge on any atom is 0.405 e. The average Bonchev–Trinajstić information content (AvgIpc) is 2.43. The first kappa shape index (κ1) is 21.6. The Hall–Kier alpha value is -1.42. The molecule has 0 saturated heterocycles. The van der Waals surface area contributed by atoms with Gasteiger partial charge in [-0.2, -0.15) is 0 Å². The van der Waals surface area contributed by atoms with Crippen LogP contribution in [0.1, 0.15) is 38.8 Å². The maximum atomic E-state index is 11.3. The minimum absolute atomic E-state index is 0.0113. The number of nitrogens with two attached hydrogens (primary N) is 1. The van der Waals surface area contributed by atoms with E-state index in [-0.39, 0.29) is 9.93 Å². The summed E-state index contributed by atoms with van der Waals surface area (Å²) in [6.07, 6.45) is -0.694. The lowest BCUT2D eigenvalue weighted by atomic mass is 10.0. The molecule has 1 atom stereocenters. The van der Waals surface area contributed by atoms with E-state index < -0.39 is 30.5 Å². The zero-order valence-electron chi connectivity index (χ0n) is 15.4. The number of hydrogen-bond donors (Lipinski definition) is 3. The van der Waals surface area contributed by atoms with Crippen LogP contribution in [0.2, 0.25) is 18.1 Å². The number of sulfonamides is 1. The van der Waals surface area contributed by atoms with Crippen molar-refractivity contribution in [3.8, 4) is 0 Å². The Morgan fingerprint density at radius 1 is 1.28 bits per heavy atom. The third kappa shape index (κ3) is 6.42. The molecule has 0 heterocycles. The second kappa shape index (κ2) is 7.86. The molecule has 4 N–H and O–H groups in total. The molecular formula is C16H28N2O5SSi. The average molecular weight is 389 g/mol. The second-order valence-corrected chi connectivity index (χ2v) is 13.9. The summed E-state index contributed by atoms with van der Waals surface area (Å²) in [5, 5.41) is 16.7. The molecular weight excluding hydrogens is 360 g/mol. The van der Waals surface area contributed by atoms with Crippen molar-refractivity contribution in [3.63, 3.8) is 0 Å². The Morgan fingerprint density at radius 2 is 1.80 bits per heavy atom. The van der Waals surface area contributed by atoms with Crippen LogP contribution in [0.4, 0.5) is 4.79 Å². The Balaban J connectivity index is 2.87. The summed E-state index contributed by atoms with van der Waals surface area (Å²) in [6.45, 7) is 11.1. The van der Waals surface area contributed by atoms with Crippen molar-refractivity contribution in [2.24, 2.45) is 5.14 Å². The number of rotatable bonds is 7. The van der Waals surface area contributed by atoms with Gasteiger partial charge in [-0.05, 0) is 42.2 Å². The third-order valence-electron chi connectivity index (χ3n) is 4.58. The highest BCUT2D eigenvalue weighted by Gasteiger charge is 2.37. The summed E-state index contributed by atoms with van der Waals surface area (Å²) in [5.74, 6) is 0. The van der Waals surface area contributed by atoms with Crippen LogP contribution >= 0.6 is 0 Å². The van der Waals surface area contributed by atoms with E-state index in [9.17, 15) is 13.2 Å². The molecule has 0 radical (unpaired) electrons. The predicted molar refractivity (Wildman–Crippen MR) is 99.5 cm³/mol. The number of hydrogen-bond acceptors (Lipinski definition) is 4. The van der Waals surface area contributed by atoms with Crippen molar-refractivity contribution in [3.05, 3.63) is 29.8 Å². The van der Waals surface area contributed by atoms with Gasteiger partial charge in [0.2, 0.25) is 10.0 Å². The van der Waals surface area contributed by atoms with Gasteiger partial charge in [0.1, 0.15) is 0 Å². The number of carboxylic acid groups (broad SMARTS) is 1. The molecule has 0 aliphatic carbocycles. The van der Waals surface area contributed by atoms with Crippen LogP contribution in [0, 0.1) is 0 Å². The van der Waals surface area contributed by atoms with Crippen molar-refractivity contribution >= 4 is 24.4 Å². The van der Waals surface area contributed by atoms with Crippen molar-refractivity contribution in [1.82, 2.24) is 5.32 Å². The molecule has 142 valence electrons. The number of carbonyl (C=O) groups is 1. The fourth-order valence-corrected chi connectivity index (χ4v) is 3.59. The van der Waals surface area contributed by atoms with Gasteiger partial charge in [-0.3, -0.25) is 0 Å². The monoisotopic (exact) mass is 388 g/mol. The van der Waals surface area contributed by atoms with Gasteiger partial charge in [-0.25, -0.2) is 18.4 Å². The lowest BCUT2D eigenvalue weighted by Crippen LogP contribution is -2.41. The molecule has 0 spiro atoms. The van der Waals surface area contributed by atoms with Crippen molar-refractivity contribution < 1.29 is 22.7 Å². The first-order chi connectivity index (χ1) is 11.2. The van der Waals surface area contributed by atoms with E-state index in [2.05, 4.69) is 39.2 Å². The van der Waals surface area contributed by atoms with Crippen LogP contribution < -0.4 is 10.5 Å². The molecule has 0 bridgehead atoms. The van der Waals surface area contributed by atoms with E-state index in [1.165, 1.54) is 12.1 Å². The van der Waals surface area contributed by atoms with Crippen molar-refractivity contribution in [1.29, 1.82) is 0 Å². The molecule has 1 amide bonds. The lowest BCUT2D eigenvalue weighted by Gasteiger charge is -2.36. The second-order valence-electron chi connectivity index (χ2n) is 7.51. The maximum absolute atomic E-state index is 11.3. The highest BCUT2D eigenvalue weighted by molar-refractivity contribution is 7.89. The minimum Gasteiger partial charge on any atom is -0.465 e. The van der Waals surface area contributed by atoms with Gasteiger partial charge in [0, 0.05) is 6.61 Å². The quantitative estimate of drug-likeness (QED) is 0.620. The molecule has 25 heavy (non-hydrogen) atoms. The SMILES string of the molecule is CC(C)(C)[Si](C)(C)OCCC(NC(=O)O)c1ccc(S(N)(=O)=O)cc1. The predicted octanol–water partition coefficient (Wildman–Crippen LogP) is 3.05. The largest absolute Gasteiger partial charge is 0.465 e. The fourth-order valence-electron chi connectivity index (χ4n) is 2.01. The molecule has 1 aromatic rings. The highest BCUT2D eigenvalue weighted by Crippen LogP contribution is 2.36. The zero-order valence-corrected chi connectivity index (χ0v) is 17.2. The van der Waals surface area contributed by atoms with Crippen LogP contribution in [-0.2, 0) is 14.4 Å². The highest BCUT2D eigenvalue weighted by atomic mass is 32.2. The summed E-state index contributed by atoms with van der Waals surface area (Å²) < 4.78 is 28.7. The third-order valence-corrected chi connectivity index (χ3v) is 10.1. The standard InChI is InChI=1S/C16H28N2O5SSi/c1-16(2,3)25(4,5)23-11-10-14(18-15(19)20)12-6-8-13(9-7-12)24(17,21)22/h6-9,14,18H,10-11H2,1-5H3,(H,19,20)(H2,17,21,22). The molecule has 1 aromatic carbocycles. The molecule has 0 aromatic heterocycles. The van der Waals surface area contributed by atoms with Crippen molar-refractivity contribution in [2.75, 3.05) is 6.61 Å². The molecule has 0 saturated carbocycles. The van der Waals surface area contributed by atoms with Gasteiger partial charge < -0.3 is 14.8 Å². The molecule has 0 fully saturated rings. The number of nitrogens with one attached hydrogen (secondary N) is 1. The summed E-state index contributed by atoms with van der Waals surface area (Å²) >= 11 is 0. The van der Waals surface area contributed by atoms with Gasteiger partial charge >= 0.3 is 6.09 Å². The molecule has 1 unspecified atom stereocenters. The van der Waals surface area contributed by atoms with Gasteiger partial charge in [0.05, 0.1) is 10.9 Å². The van der Waals surface area contributed by atoms with E-state index in [0.29, 0.717) is 18.6 Å². The Labute approximate surface area is 150 Å². The molecule has 7 nitrogen and oxygen atoms in total. The van der Waals surface area contributed by atoms with E-state index in [0.717, 1.165) is 0 Å². The molecule has 9 heteroatoms. The Kier molecular flexibility index (Phi) is 6.79. The first-order valence-corrected chi connectivity index (χ1v) is 12.5. The lowest BCUT2D eigenvalue weighted by molar-refractivity contribution is 0.185. The Morgan fingerprint density at radius 3 is 2.20 bits per heavy atom. The zero-order chi connectivity index (χ0) is 19.5. The first-order valence-electron chi connectivity index (χ1n) is 8.00. The van der Waals surface area contributed by atoms with Gasteiger partial charge in [0.25, 0.3) is 0 Å². The normalized spacial score (nSPS) is 14.2. The summed E-state index contributed by atoms with van der Waals surface area (Å²) in [5.41, 5.74) is 0.661. The fraction of sp³-hybridized carbons (Fsp3) is 0.562. The Bertz CT molecular complexity index is 696. The number of benzene rings is 1. The van der Waals surface area contributed by atoms with E-state index in [1.807, 2.05) is 0 Å². The van der Waals surface area contributed by atoms with Crippen LogP contribution in [0.15, 0.2) is 29.2 Å². The van der Waals surface area contributed by atoms with E-state index in [4.69, 9.17) is 14.7 Å². The van der Waals surface area contributed by atoms with Crippen molar-refractivity contribution in [2.45, 2.75) is 56.3 Å². The topological polar surface area (TPSA) is 119 Å². The van der Waals surface area contributed by atoms with Crippen LogP contribution in [-0.4, -0.2) is 34.5 Å². The molecule has 1 rings (SSSR count). The number of amides is 1. The summed E-state index contributed by atoms with van der Waals surface area (Å²) in [7, 11) is -5.69. The van der Waals surface area contributed by atoms with Crippen LogP contribution in [0.25, 0.3) is 0 Å². The van der Waals surface area contributed by atoms with Gasteiger partial charge in [-0.1, -0.05) is 32.9 Å². The molecule has 0 aliphatic rings. The molecule has 0 aliphatic heterocycles.